The number of nitrogens with one attached hydrogen (secondary N) is 1. The summed E-state index contributed by atoms with van der Waals surface area (Å²) in [5.74, 6) is -1.13. The fourth-order valence-electron chi connectivity index (χ4n) is 3.59. The molecule has 1 heterocycles. The number of carbonyl (C=O) groups is 3. The van der Waals surface area contributed by atoms with Crippen LogP contribution >= 0.6 is 0 Å². The minimum absolute atomic E-state index is 0.0947. The van der Waals surface area contributed by atoms with Crippen LogP contribution in [-0.2, 0) is 16.0 Å². The third-order valence-electron chi connectivity index (χ3n) is 4.87. The number of hydrogen-bond donors (Lipinski definition) is 2. The lowest BCUT2D eigenvalue weighted by Gasteiger charge is -2.29. The molecule has 2 N–H and O–H groups in total. The predicted octanol–water partition coefficient (Wildman–Crippen LogP) is 2.48. The highest BCUT2D eigenvalue weighted by atomic mass is 16.5. The summed E-state index contributed by atoms with van der Waals surface area (Å²) in [5.41, 5.74) is 3.76. The first-order valence-corrected chi connectivity index (χ1v) is 9.49. The highest BCUT2D eigenvalue weighted by molar-refractivity contribution is 6.01. The van der Waals surface area contributed by atoms with Crippen LogP contribution in [-0.4, -0.2) is 42.6 Å². The van der Waals surface area contributed by atoms with Crippen LogP contribution in [0.15, 0.2) is 36.4 Å². The summed E-state index contributed by atoms with van der Waals surface area (Å²) in [6.07, 6.45) is 1.84. The number of carboxylic acid groups (broad SMARTS) is 1. The van der Waals surface area contributed by atoms with Crippen LogP contribution in [0.25, 0.3) is 0 Å². The molecule has 0 radical (unpaired) electrons. The number of hydrogen-bond acceptors (Lipinski definition) is 4. The van der Waals surface area contributed by atoms with E-state index in [4.69, 9.17) is 9.84 Å². The molecular weight excluding hydrogens is 372 g/mol. The molecule has 3 rings (SSSR count). The van der Waals surface area contributed by atoms with Crippen molar-refractivity contribution in [3.05, 3.63) is 58.7 Å². The summed E-state index contributed by atoms with van der Waals surface area (Å²) in [5, 5.41) is 11.5. The van der Waals surface area contributed by atoms with E-state index in [-0.39, 0.29) is 18.4 Å². The van der Waals surface area contributed by atoms with Gasteiger partial charge in [-0.15, -0.1) is 0 Å². The summed E-state index contributed by atoms with van der Waals surface area (Å²) in [7, 11) is 0. The van der Waals surface area contributed by atoms with Crippen LogP contribution in [0.4, 0.5) is 5.69 Å². The Bertz CT molecular complexity index is 931. The van der Waals surface area contributed by atoms with Gasteiger partial charge >= 0.3 is 5.97 Å². The van der Waals surface area contributed by atoms with Crippen molar-refractivity contribution >= 4 is 23.5 Å². The lowest BCUT2D eigenvalue weighted by molar-refractivity contribution is -0.139. The van der Waals surface area contributed by atoms with Gasteiger partial charge in [0, 0.05) is 17.8 Å². The van der Waals surface area contributed by atoms with E-state index in [1.165, 1.54) is 0 Å². The first kappa shape index (κ1) is 20.4. The lowest BCUT2D eigenvalue weighted by Crippen LogP contribution is -2.42. The molecule has 0 saturated carbocycles. The number of aliphatic carboxylic acids is 1. The molecule has 152 valence electrons. The molecule has 0 saturated heterocycles. The van der Waals surface area contributed by atoms with E-state index in [2.05, 4.69) is 5.32 Å². The minimum Gasteiger partial charge on any atom is -0.481 e. The second-order valence-corrected chi connectivity index (χ2v) is 7.08. The van der Waals surface area contributed by atoms with Crippen molar-refractivity contribution < 1.29 is 24.2 Å². The van der Waals surface area contributed by atoms with Gasteiger partial charge in [-0.3, -0.25) is 9.59 Å². The second-order valence-electron chi connectivity index (χ2n) is 7.08. The number of anilines is 1. The maximum absolute atomic E-state index is 12.7. The number of amides is 2. The quantitative estimate of drug-likeness (QED) is 0.782. The van der Waals surface area contributed by atoms with Crippen molar-refractivity contribution in [1.29, 1.82) is 0 Å². The number of para-hydroxylation sites is 1. The number of benzene rings is 2. The van der Waals surface area contributed by atoms with Crippen molar-refractivity contribution in [3.8, 4) is 5.75 Å². The molecule has 1 aliphatic rings. The molecule has 2 amide bonds. The van der Waals surface area contributed by atoms with Crippen LogP contribution in [0.5, 0.6) is 5.75 Å². The maximum atomic E-state index is 12.7. The number of nitrogens with zero attached hydrogens (tertiary/aromatic N) is 1. The number of rotatable bonds is 6. The number of carboxylic acids is 1. The fraction of sp³-hybridized carbons (Fsp3) is 0.318. The zero-order valence-electron chi connectivity index (χ0n) is 16.5. The Kier molecular flexibility index (Phi) is 6.16. The topological polar surface area (TPSA) is 95.9 Å². The summed E-state index contributed by atoms with van der Waals surface area (Å²) >= 11 is 0. The van der Waals surface area contributed by atoms with E-state index < -0.39 is 12.6 Å². The Morgan fingerprint density at radius 2 is 1.83 bits per heavy atom. The molecule has 29 heavy (non-hydrogen) atoms. The maximum Gasteiger partial charge on any atom is 0.341 e. The molecule has 0 aromatic heterocycles. The van der Waals surface area contributed by atoms with Gasteiger partial charge in [0.15, 0.2) is 6.61 Å². The smallest absolute Gasteiger partial charge is 0.341 e. The van der Waals surface area contributed by atoms with Crippen molar-refractivity contribution in [2.75, 3.05) is 24.6 Å². The molecule has 7 nitrogen and oxygen atoms in total. The van der Waals surface area contributed by atoms with E-state index in [9.17, 15) is 14.4 Å². The number of carbonyl (C=O) groups excluding carboxylic acids is 2. The average Bonchev–Trinajstić information content (AvgIpc) is 2.70. The van der Waals surface area contributed by atoms with Gasteiger partial charge in [-0.2, -0.15) is 0 Å². The zero-order valence-corrected chi connectivity index (χ0v) is 16.5. The van der Waals surface area contributed by atoms with E-state index >= 15 is 0 Å². The Balaban J connectivity index is 1.65. The molecule has 0 spiro atoms. The van der Waals surface area contributed by atoms with Gasteiger partial charge in [0.2, 0.25) is 5.91 Å². The molecule has 1 aliphatic heterocycles. The summed E-state index contributed by atoms with van der Waals surface area (Å²) in [6, 6.07) is 11.1. The largest absolute Gasteiger partial charge is 0.481 e. The molecule has 2 aromatic carbocycles. The molecule has 7 heteroatoms. The van der Waals surface area contributed by atoms with E-state index in [1.54, 1.807) is 30.9 Å². The van der Waals surface area contributed by atoms with Crippen molar-refractivity contribution in [2.24, 2.45) is 0 Å². The summed E-state index contributed by atoms with van der Waals surface area (Å²) in [4.78, 5) is 37.6. The molecule has 0 fully saturated rings. The Morgan fingerprint density at radius 3 is 2.52 bits per heavy atom. The Hall–Kier alpha value is -3.35. The first-order valence-electron chi connectivity index (χ1n) is 9.49. The van der Waals surface area contributed by atoms with Gasteiger partial charge in [0.05, 0.1) is 6.54 Å². The van der Waals surface area contributed by atoms with Gasteiger partial charge in [-0.1, -0.05) is 18.2 Å². The highest BCUT2D eigenvalue weighted by Gasteiger charge is 2.22. The number of ether oxygens (including phenoxy) is 1. The fourth-order valence-corrected chi connectivity index (χ4v) is 3.59. The van der Waals surface area contributed by atoms with Gasteiger partial charge in [0.25, 0.3) is 5.91 Å². The van der Waals surface area contributed by atoms with Gasteiger partial charge in [-0.05, 0) is 61.6 Å². The van der Waals surface area contributed by atoms with Crippen LogP contribution < -0.4 is 15.0 Å². The normalized spacial score (nSPS) is 12.8. The molecule has 0 unspecified atom stereocenters. The third-order valence-corrected chi connectivity index (χ3v) is 4.87. The SMILES string of the molecule is Cc1cc(C(=O)NCC(=O)N2CCCc3ccccc32)cc(C)c1OCC(=O)O. The molecule has 0 bridgehead atoms. The average molecular weight is 396 g/mol. The monoisotopic (exact) mass is 396 g/mol. The minimum atomic E-state index is -1.07. The zero-order chi connectivity index (χ0) is 21.0. The predicted molar refractivity (Wildman–Crippen MR) is 108 cm³/mol. The van der Waals surface area contributed by atoms with E-state index in [0.29, 0.717) is 29.0 Å². The second kappa shape index (κ2) is 8.77. The van der Waals surface area contributed by atoms with Gasteiger partial charge < -0.3 is 20.1 Å². The lowest BCUT2D eigenvalue weighted by atomic mass is 10.0. The van der Waals surface area contributed by atoms with Gasteiger partial charge in [-0.25, -0.2) is 4.79 Å². The molecule has 0 aliphatic carbocycles. The van der Waals surface area contributed by atoms with Crippen molar-refractivity contribution in [1.82, 2.24) is 5.32 Å². The van der Waals surface area contributed by atoms with E-state index in [1.807, 2.05) is 24.3 Å². The molecular formula is C22H24N2O5. The summed E-state index contributed by atoms with van der Waals surface area (Å²) < 4.78 is 5.28. The Labute approximate surface area is 169 Å². The standard InChI is InChI=1S/C22H24N2O5/c1-14-10-17(11-15(2)21(14)29-13-20(26)27)22(28)23-12-19(25)24-9-5-7-16-6-3-4-8-18(16)24/h3-4,6,8,10-11H,5,7,9,12-13H2,1-2H3,(H,23,28)(H,26,27). The number of fused-ring (bicyclic) bond motifs is 1. The first-order chi connectivity index (χ1) is 13.9. The highest BCUT2D eigenvalue weighted by Crippen LogP contribution is 2.27. The Morgan fingerprint density at radius 1 is 1.14 bits per heavy atom. The molecule has 0 atom stereocenters. The van der Waals surface area contributed by atoms with Gasteiger partial charge in [0.1, 0.15) is 5.75 Å². The number of aryl methyl sites for hydroxylation is 3. The van der Waals surface area contributed by atoms with Crippen molar-refractivity contribution in [3.63, 3.8) is 0 Å². The van der Waals surface area contributed by atoms with E-state index in [0.717, 1.165) is 24.1 Å². The molecule has 2 aromatic rings. The third kappa shape index (κ3) is 4.74. The van der Waals surface area contributed by atoms with Crippen LogP contribution in [0, 0.1) is 13.8 Å². The van der Waals surface area contributed by atoms with Crippen LogP contribution in [0.3, 0.4) is 0 Å². The summed E-state index contributed by atoms with van der Waals surface area (Å²) in [6.45, 7) is 3.59. The van der Waals surface area contributed by atoms with Crippen LogP contribution in [0.2, 0.25) is 0 Å². The van der Waals surface area contributed by atoms with Crippen molar-refractivity contribution in [2.45, 2.75) is 26.7 Å². The van der Waals surface area contributed by atoms with Crippen LogP contribution in [0.1, 0.15) is 33.5 Å².